The predicted molar refractivity (Wildman–Crippen MR) is 60.1 cm³/mol. The van der Waals surface area contributed by atoms with Crippen molar-refractivity contribution in [3.05, 3.63) is 0 Å². The summed E-state index contributed by atoms with van der Waals surface area (Å²) >= 11 is 0. The van der Waals surface area contributed by atoms with Crippen molar-refractivity contribution in [3.8, 4) is 6.07 Å². The predicted octanol–water partition coefficient (Wildman–Crippen LogP) is 1.89. The highest BCUT2D eigenvalue weighted by Gasteiger charge is 2.14. The summed E-state index contributed by atoms with van der Waals surface area (Å²) in [5.41, 5.74) is 0. The van der Waals surface area contributed by atoms with E-state index < -0.39 is 0 Å². The summed E-state index contributed by atoms with van der Waals surface area (Å²) in [6.45, 7) is 3.68. The minimum absolute atomic E-state index is 0.326. The molecule has 16 heavy (non-hydrogen) atoms. The molecule has 0 bridgehead atoms. The van der Waals surface area contributed by atoms with Gasteiger partial charge in [0.25, 0.3) is 0 Å². The van der Waals surface area contributed by atoms with E-state index in [0.717, 1.165) is 45.7 Å². The molecule has 0 aromatic rings. The fourth-order valence-corrected chi connectivity index (χ4v) is 1.62. The molecule has 4 heteroatoms. The summed E-state index contributed by atoms with van der Waals surface area (Å²) in [6, 6.07) is 2.05. The molecule has 1 heterocycles. The van der Waals surface area contributed by atoms with Gasteiger partial charge in [-0.2, -0.15) is 5.26 Å². The first-order valence-corrected chi connectivity index (χ1v) is 6.07. The van der Waals surface area contributed by atoms with Crippen LogP contribution in [-0.4, -0.2) is 39.1 Å². The van der Waals surface area contributed by atoms with Gasteiger partial charge in [-0.15, -0.1) is 0 Å². The van der Waals surface area contributed by atoms with Crippen molar-refractivity contribution in [3.63, 3.8) is 0 Å². The zero-order valence-corrected chi connectivity index (χ0v) is 9.82. The number of hydrogen-bond donors (Lipinski definition) is 0. The van der Waals surface area contributed by atoms with E-state index in [4.69, 9.17) is 19.5 Å². The molecule has 0 saturated carbocycles. The van der Waals surface area contributed by atoms with Gasteiger partial charge in [-0.05, 0) is 25.7 Å². The van der Waals surface area contributed by atoms with Crippen LogP contribution in [0.4, 0.5) is 0 Å². The largest absolute Gasteiger partial charge is 0.380 e. The summed E-state index contributed by atoms with van der Waals surface area (Å²) < 4.78 is 16.2. The standard InChI is InChI=1S/C12H21NO3/c13-6-4-9-14-7-1-2-8-15-11-12-5-3-10-16-12/h12H,1-5,7-11H2. The van der Waals surface area contributed by atoms with Crippen LogP contribution in [0.3, 0.4) is 0 Å². The fourth-order valence-electron chi connectivity index (χ4n) is 1.62. The summed E-state index contributed by atoms with van der Waals surface area (Å²) in [7, 11) is 0. The number of ether oxygens (including phenoxy) is 3. The maximum Gasteiger partial charge on any atom is 0.0809 e. The molecule has 1 aliphatic rings. The Kier molecular flexibility index (Phi) is 8.05. The van der Waals surface area contributed by atoms with E-state index >= 15 is 0 Å². The molecule has 1 aliphatic heterocycles. The van der Waals surface area contributed by atoms with Gasteiger partial charge >= 0.3 is 0 Å². The Morgan fingerprint density at radius 2 is 2.00 bits per heavy atom. The number of rotatable bonds is 9. The van der Waals surface area contributed by atoms with E-state index in [2.05, 4.69) is 0 Å². The number of nitrogens with zero attached hydrogens (tertiary/aromatic N) is 1. The van der Waals surface area contributed by atoms with E-state index in [0.29, 0.717) is 19.1 Å². The van der Waals surface area contributed by atoms with E-state index in [1.165, 1.54) is 6.42 Å². The van der Waals surface area contributed by atoms with Gasteiger partial charge in [0.15, 0.2) is 0 Å². The van der Waals surface area contributed by atoms with Crippen LogP contribution >= 0.6 is 0 Å². The monoisotopic (exact) mass is 227 g/mol. The topological polar surface area (TPSA) is 51.5 Å². The maximum atomic E-state index is 8.28. The van der Waals surface area contributed by atoms with Crippen molar-refractivity contribution in [2.24, 2.45) is 0 Å². The molecule has 0 aromatic carbocycles. The molecule has 1 saturated heterocycles. The van der Waals surface area contributed by atoms with Gasteiger partial charge < -0.3 is 14.2 Å². The summed E-state index contributed by atoms with van der Waals surface area (Å²) in [6.07, 6.45) is 5.12. The lowest BCUT2D eigenvalue weighted by Crippen LogP contribution is -2.14. The Hall–Kier alpha value is -0.630. The Balaban J connectivity index is 1.73. The minimum atomic E-state index is 0.326. The van der Waals surface area contributed by atoms with Crippen LogP contribution in [0.25, 0.3) is 0 Å². The lowest BCUT2D eigenvalue weighted by Gasteiger charge is -2.09. The van der Waals surface area contributed by atoms with Crippen LogP contribution < -0.4 is 0 Å². The second kappa shape index (κ2) is 9.59. The molecule has 92 valence electrons. The third-order valence-electron chi connectivity index (χ3n) is 2.51. The Morgan fingerprint density at radius 3 is 2.69 bits per heavy atom. The third kappa shape index (κ3) is 6.78. The van der Waals surface area contributed by atoms with Crippen molar-refractivity contribution in [1.82, 2.24) is 0 Å². The van der Waals surface area contributed by atoms with Crippen molar-refractivity contribution < 1.29 is 14.2 Å². The van der Waals surface area contributed by atoms with Gasteiger partial charge in [0.05, 0.1) is 31.8 Å². The van der Waals surface area contributed by atoms with Gasteiger partial charge in [-0.1, -0.05) is 0 Å². The van der Waals surface area contributed by atoms with Crippen LogP contribution in [0.1, 0.15) is 32.1 Å². The third-order valence-corrected chi connectivity index (χ3v) is 2.51. The molecule has 0 radical (unpaired) electrons. The number of nitriles is 1. The Morgan fingerprint density at radius 1 is 1.19 bits per heavy atom. The highest BCUT2D eigenvalue weighted by molar-refractivity contribution is 4.67. The first-order valence-electron chi connectivity index (χ1n) is 6.07. The van der Waals surface area contributed by atoms with Gasteiger partial charge in [-0.3, -0.25) is 0 Å². The first kappa shape index (κ1) is 13.4. The average Bonchev–Trinajstić information content (AvgIpc) is 2.80. The van der Waals surface area contributed by atoms with E-state index in [1.807, 2.05) is 6.07 Å². The molecule has 0 aromatic heterocycles. The van der Waals surface area contributed by atoms with Crippen molar-refractivity contribution in [2.45, 2.75) is 38.2 Å². The molecule has 0 N–H and O–H groups in total. The van der Waals surface area contributed by atoms with Crippen LogP contribution in [-0.2, 0) is 14.2 Å². The summed E-state index contributed by atoms with van der Waals surface area (Å²) in [5, 5.41) is 8.28. The summed E-state index contributed by atoms with van der Waals surface area (Å²) in [5.74, 6) is 0. The molecular formula is C12H21NO3. The van der Waals surface area contributed by atoms with Gasteiger partial charge in [-0.25, -0.2) is 0 Å². The van der Waals surface area contributed by atoms with Gasteiger partial charge in [0, 0.05) is 19.8 Å². The fraction of sp³-hybridized carbons (Fsp3) is 0.917. The molecule has 1 atom stereocenters. The molecule has 4 nitrogen and oxygen atoms in total. The Labute approximate surface area is 97.5 Å². The quantitative estimate of drug-likeness (QED) is 0.564. The van der Waals surface area contributed by atoms with Crippen LogP contribution in [0.15, 0.2) is 0 Å². The summed E-state index contributed by atoms with van der Waals surface area (Å²) in [4.78, 5) is 0. The second-order valence-corrected chi connectivity index (χ2v) is 3.94. The lowest BCUT2D eigenvalue weighted by atomic mass is 10.2. The lowest BCUT2D eigenvalue weighted by molar-refractivity contribution is 0.0143. The van der Waals surface area contributed by atoms with Crippen molar-refractivity contribution in [2.75, 3.05) is 33.0 Å². The van der Waals surface area contributed by atoms with Crippen LogP contribution in [0, 0.1) is 11.3 Å². The highest BCUT2D eigenvalue weighted by atomic mass is 16.5. The van der Waals surface area contributed by atoms with E-state index in [-0.39, 0.29) is 0 Å². The molecule has 1 unspecified atom stereocenters. The normalized spacial score (nSPS) is 19.8. The number of unbranched alkanes of at least 4 members (excludes halogenated alkanes) is 1. The molecule has 0 aliphatic carbocycles. The van der Waals surface area contributed by atoms with Crippen molar-refractivity contribution >= 4 is 0 Å². The zero-order valence-electron chi connectivity index (χ0n) is 9.82. The van der Waals surface area contributed by atoms with Gasteiger partial charge in [0.1, 0.15) is 0 Å². The molecule has 0 amide bonds. The van der Waals surface area contributed by atoms with E-state index in [1.54, 1.807) is 0 Å². The van der Waals surface area contributed by atoms with Crippen molar-refractivity contribution in [1.29, 1.82) is 5.26 Å². The first-order chi connectivity index (χ1) is 7.93. The van der Waals surface area contributed by atoms with E-state index in [9.17, 15) is 0 Å². The molecule has 0 spiro atoms. The van der Waals surface area contributed by atoms with Crippen LogP contribution in [0.5, 0.6) is 0 Å². The highest BCUT2D eigenvalue weighted by Crippen LogP contribution is 2.11. The maximum absolute atomic E-state index is 8.28. The molecular weight excluding hydrogens is 206 g/mol. The zero-order chi connectivity index (χ0) is 11.5. The average molecular weight is 227 g/mol. The Bertz CT molecular complexity index is 197. The number of hydrogen-bond acceptors (Lipinski definition) is 4. The minimum Gasteiger partial charge on any atom is -0.380 e. The SMILES string of the molecule is N#CCCOCCCCOCC1CCCO1. The van der Waals surface area contributed by atoms with Crippen LogP contribution in [0.2, 0.25) is 0 Å². The van der Waals surface area contributed by atoms with Gasteiger partial charge in [0.2, 0.25) is 0 Å². The smallest absolute Gasteiger partial charge is 0.0809 e. The second-order valence-electron chi connectivity index (χ2n) is 3.94. The molecule has 1 fully saturated rings. The molecule has 1 rings (SSSR count).